The molecule has 0 spiro atoms. The van der Waals surface area contributed by atoms with E-state index in [0.29, 0.717) is 11.8 Å². The third-order valence-corrected chi connectivity index (χ3v) is 3.28. The van der Waals surface area contributed by atoms with E-state index in [2.05, 4.69) is 25.4 Å². The summed E-state index contributed by atoms with van der Waals surface area (Å²) in [7, 11) is 0. The summed E-state index contributed by atoms with van der Waals surface area (Å²) < 4.78 is 0. The first-order valence-corrected chi connectivity index (χ1v) is 7.73. The van der Waals surface area contributed by atoms with E-state index < -0.39 is 0 Å². The van der Waals surface area contributed by atoms with E-state index in [0.717, 1.165) is 11.3 Å². The number of nitrogens with one attached hydrogen (secondary N) is 1. The molecule has 3 aromatic rings. The summed E-state index contributed by atoms with van der Waals surface area (Å²) in [4.78, 5) is 17.6. The van der Waals surface area contributed by atoms with Crippen LogP contribution in [-0.4, -0.2) is 21.2 Å². The topological polar surface area (TPSA) is 98.3 Å². The van der Waals surface area contributed by atoms with Crippen molar-refractivity contribution in [2.24, 2.45) is 5.16 Å². The first-order chi connectivity index (χ1) is 12.2. The van der Waals surface area contributed by atoms with Crippen LogP contribution in [0.4, 0.5) is 17.6 Å². The summed E-state index contributed by atoms with van der Waals surface area (Å²) >= 11 is 0. The first-order valence-electron chi connectivity index (χ1n) is 7.73. The van der Waals surface area contributed by atoms with Crippen molar-refractivity contribution in [2.45, 2.75) is 13.5 Å². The van der Waals surface area contributed by atoms with Gasteiger partial charge in [-0.2, -0.15) is 15.0 Å². The van der Waals surface area contributed by atoms with Crippen LogP contribution < -0.4 is 11.1 Å². The Kier molecular flexibility index (Phi) is 5.16. The van der Waals surface area contributed by atoms with Crippen molar-refractivity contribution in [1.82, 2.24) is 15.0 Å². The molecule has 126 valence electrons. The highest BCUT2D eigenvalue weighted by Crippen LogP contribution is 2.13. The minimum atomic E-state index is 0.0958. The van der Waals surface area contributed by atoms with Crippen molar-refractivity contribution in [1.29, 1.82) is 0 Å². The van der Waals surface area contributed by atoms with Crippen molar-refractivity contribution >= 4 is 23.8 Å². The lowest BCUT2D eigenvalue weighted by Crippen LogP contribution is -2.07. The number of rotatable bonds is 6. The molecule has 0 fully saturated rings. The summed E-state index contributed by atoms with van der Waals surface area (Å²) in [6, 6.07) is 17.5. The van der Waals surface area contributed by atoms with Gasteiger partial charge in [0.1, 0.15) is 0 Å². The van der Waals surface area contributed by atoms with Gasteiger partial charge in [-0.1, -0.05) is 53.2 Å². The van der Waals surface area contributed by atoms with Crippen LogP contribution in [0.5, 0.6) is 0 Å². The first kappa shape index (κ1) is 16.4. The molecule has 0 atom stereocenters. The van der Waals surface area contributed by atoms with E-state index in [1.165, 1.54) is 5.56 Å². The zero-order chi connectivity index (χ0) is 17.5. The maximum absolute atomic E-state index is 5.73. The number of benzene rings is 2. The van der Waals surface area contributed by atoms with Crippen LogP contribution in [-0.2, 0) is 11.4 Å². The Morgan fingerprint density at radius 3 is 2.56 bits per heavy atom. The summed E-state index contributed by atoms with van der Waals surface area (Å²) in [5.74, 6) is 0.876. The predicted molar refractivity (Wildman–Crippen MR) is 97.5 cm³/mol. The highest BCUT2D eigenvalue weighted by atomic mass is 16.6. The number of hydrogen-bond donors (Lipinski definition) is 2. The molecule has 0 aliphatic carbocycles. The highest BCUT2D eigenvalue weighted by molar-refractivity contribution is 5.79. The zero-order valence-electron chi connectivity index (χ0n) is 13.8. The Balaban J connectivity index is 1.61. The smallest absolute Gasteiger partial charge is 0.232 e. The molecular weight excluding hydrogens is 316 g/mol. The van der Waals surface area contributed by atoms with Crippen LogP contribution in [0.25, 0.3) is 0 Å². The van der Waals surface area contributed by atoms with Crippen molar-refractivity contribution in [3.05, 3.63) is 71.5 Å². The van der Waals surface area contributed by atoms with E-state index in [1.54, 1.807) is 6.21 Å². The highest BCUT2D eigenvalue weighted by Gasteiger charge is 2.05. The van der Waals surface area contributed by atoms with Gasteiger partial charge in [-0.25, -0.2) is 0 Å². The number of aryl methyl sites for hydroxylation is 1. The van der Waals surface area contributed by atoms with Crippen LogP contribution in [0.2, 0.25) is 0 Å². The van der Waals surface area contributed by atoms with Gasteiger partial charge in [0, 0.05) is 5.69 Å². The van der Waals surface area contributed by atoms with E-state index in [4.69, 9.17) is 10.6 Å². The van der Waals surface area contributed by atoms with Gasteiger partial charge in [-0.15, -0.1) is 0 Å². The Bertz CT molecular complexity index is 849. The predicted octanol–water partition coefficient (Wildman–Crippen LogP) is 3.06. The monoisotopic (exact) mass is 334 g/mol. The van der Waals surface area contributed by atoms with Crippen molar-refractivity contribution in [3.8, 4) is 0 Å². The molecule has 1 heterocycles. The van der Waals surface area contributed by atoms with Gasteiger partial charge >= 0.3 is 0 Å². The second-order valence-electron chi connectivity index (χ2n) is 5.34. The van der Waals surface area contributed by atoms with E-state index in [1.807, 2.05) is 61.5 Å². The third-order valence-electron chi connectivity index (χ3n) is 3.28. The maximum atomic E-state index is 5.73. The third kappa shape index (κ3) is 5.00. The molecule has 0 amide bonds. The van der Waals surface area contributed by atoms with Gasteiger partial charge < -0.3 is 15.9 Å². The van der Waals surface area contributed by atoms with Gasteiger partial charge in [0.25, 0.3) is 0 Å². The summed E-state index contributed by atoms with van der Waals surface area (Å²) in [5.41, 5.74) is 8.73. The molecule has 0 aliphatic rings. The number of anilines is 3. The Hall–Kier alpha value is -3.48. The molecule has 1 aromatic heterocycles. The number of nitrogens with zero attached hydrogens (tertiary/aromatic N) is 4. The van der Waals surface area contributed by atoms with Crippen LogP contribution >= 0.6 is 0 Å². The molecule has 0 saturated heterocycles. The fourth-order valence-electron chi connectivity index (χ4n) is 2.05. The molecule has 2 aromatic carbocycles. The Labute approximate surface area is 145 Å². The second-order valence-corrected chi connectivity index (χ2v) is 5.34. The molecule has 7 nitrogen and oxygen atoms in total. The molecule has 7 heteroatoms. The number of oxime groups is 1. The maximum Gasteiger partial charge on any atom is 0.232 e. The molecule has 0 saturated carbocycles. The summed E-state index contributed by atoms with van der Waals surface area (Å²) in [6.07, 6.45) is 1.63. The standard InChI is InChI=1S/C18H18N6O/c1-13-7-9-14(10-8-13)11-20-25-12-16-22-17(19)24-18(23-16)21-15-5-3-2-4-6-15/h2-11H,12H2,1H3,(H3,19,21,22,23,24)/b20-11-. The number of nitrogen functional groups attached to an aromatic ring is 1. The number of aromatic nitrogens is 3. The number of nitrogens with two attached hydrogens (primary N) is 1. The molecule has 3 N–H and O–H groups in total. The van der Waals surface area contributed by atoms with E-state index >= 15 is 0 Å². The van der Waals surface area contributed by atoms with Gasteiger partial charge in [0.15, 0.2) is 12.4 Å². The molecule has 0 aliphatic heterocycles. The Morgan fingerprint density at radius 1 is 1.04 bits per heavy atom. The molecule has 0 bridgehead atoms. The molecular formula is C18H18N6O. The van der Waals surface area contributed by atoms with E-state index in [9.17, 15) is 0 Å². The van der Waals surface area contributed by atoms with Gasteiger partial charge in [-0.3, -0.25) is 0 Å². The quantitative estimate of drug-likeness (QED) is 0.531. The SMILES string of the molecule is Cc1ccc(/C=N\OCc2nc(N)nc(Nc3ccccc3)n2)cc1. The average molecular weight is 334 g/mol. The summed E-state index contributed by atoms with van der Waals surface area (Å²) in [5, 5.41) is 6.99. The fourth-order valence-corrected chi connectivity index (χ4v) is 2.05. The van der Waals surface area contributed by atoms with Crippen molar-refractivity contribution < 1.29 is 4.84 Å². The second kappa shape index (κ2) is 7.87. The molecule has 0 unspecified atom stereocenters. The normalized spacial score (nSPS) is 10.8. The molecule has 0 radical (unpaired) electrons. The Morgan fingerprint density at radius 2 is 1.80 bits per heavy atom. The van der Waals surface area contributed by atoms with Gasteiger partial charge in [0.2, 0.25) is 11.9 Å². The van der Waals surface area contributed by atoms with Crippen molar-refractivity contribution in [3.63, 3.8) is 0 Å². The van der Waals surface area contributed by atoms with Crippen molar-refractivity contribution in [2.75, 3.05) is 11.1 Å². The fraction of sp³-hybridized carbons (Fsp3) is 0.111. The summed E-state index contributed by atoms with van der Waals surface area (Å²) in [6.45, 7) is 2.13. The van der Waals surface area contributed by atoms with E-state index in [-0.39, 0.29) is 12.6 Å². The average Bonchev–Trinajstić information content (AvgIpc) is 2.61. The lowest BCUT2D eigenvalue weighted by atomic mass is 10.2. The minimum Gasteiger partial charge on any atom is -0.388 e. The zero-order valence-corrected chi connectivity index (χ0v) is 13.8. The van der Waals surface area contributed by atoms with Crippen LogP contribution in [0.15, 0.2) is 59.8 Å². The lowest BCUT2D eigenvalue weighted by molar-refractivity contribution is 0.126. The lowest BCUT2D eigenvalue weighted by Gasteiger charge is -2.06. The number of hydrogen-bond acceptors (Lipinski definition) is 7. The van der Waals surface area contributed by atoms with Crippen LogP contribution in [0.3, 0.4) is 0 Å². The van der Waals surface area contributed by atoms with Crippen LogP contribution in [0, 0.1) is 6.92 Å². The van der Waals surface area contributed by atoms with Crippen LogP contribution in [0.1, 0.15) is 17.0 Å². The largest absolute Gasteiger partial charge is 0.388 e. The molecule has 3 rings (SSSR count). The number of para-hydroxylation sites is 1. The van der Waals surface area contributed by atoms with Gasteiger partial charge in [0.05, 0.1) is 6.21 Å². The molecule has 25 heavy (non-hydrogen) atoms. The minimum absolute atomic E-state index is 0.0958. The van der Waals surface area contributed by atoms with Gasteiger partial charge in [-0.05, 0) is 24.6 Å².